The first-order valence-corrected chi connectivity index (χ1v) is 13.1. The maximum absolute atomic E-state index is 14.4. The van der Waals surface area contributed by atoms with Crippen LogP contribution in [0.4, 0.5) is 0 Å². The molecule has 0 radical (unpaired) electrons. The first-order chi connectivity index (χ1) is 19.2. The molecule has 0 amide bonds. The molecule has 7 aromatic rings. The van der Waals surface area contributed by atoms with E-state index < -0.39 is 0 Å². The van der Waals surface area contributed by atoms with E-state index in [0.29, 0.717) is 0 Å². The van der Waals surface area contributed by atoms with Crippen molar-refractivity contribution in [3.63, 3.8) is 0 Å². The fourth-order valence-electron chi connectivity index (χ4n) is 5.93. The third-order valence-corrected chi connectivity index (χ3v) is 7.68. The number of benzene rings is 5. The summed E-state index contributed by atoms with van der Waals surface area (Å²) in [5, 5.41) is 4.83. The van der Waals surface area contributed by atoms with E-state index in [9.17, 15) is 4.79 Å². The number of hydrogen-bond donors (Lipinski definition) is 0. The molecule has 0 aliphatic rings. The molecular weight excluding hydrogens is 474 g/mol. The van der Waals surface area contributed by atoms with Gasteiger partial charge in [-0.1, -0.05) is 116 Å². The lowest BCUT2D eigenvalue weighted by atomic mass is 9.94. The van der Waals surface area contributed by atoms with Crippen LogP contribution < -0.4 is 5.56 Å². The standard InChI is InChI=1S/C37H25NO/c1-3-12-24(4-2)28-22-32-30-18-11-17-29(26-15-9-6-10-16-26)35(30)37(39)38-34-20-19-27(25-13-7-5-8-14-25)21-31(34)33(23-28)36(32)38/h3-23H,1-2H2/b24-12+. The van der Waals surface area contributed by atoms with Gasteiger partial charge in [-0.3, -0.25) is 9.20 Å². The number of nitrogens with zero attached hydrogens (tertiary/aromatic N) is 1. The van der Waals surface area contributed by atoms with Crippen LogP contribution in [0, 0.1) is 0 Å². The van der Waals surface area contributed by atoms with E-state index in [1.807, 2.05) is 53.0 Å². The van der Waals surface area contributed by atoms with Crippen LogP contribution in [0.25, 0.3) is 65.8 Å². The van der Waals surface area contributed by atoms with Crippen molar-refractivity contribution >= 4 is 43.5 Å². The lowest BCUT2D eigenvalue weighted by Gasteiger charge is -2.12. The number of pyridine rings is 1. The third kappa shape index (κ3) is 3.46. The molecule has 7 rings (SSSR count). The topological polar surface area (TPSA) is 21.5 Å². The fraction of sp³-hybridized carbons (Fsp3) is 0. The number of rotatable bonds is 5. The van der Waals surface area contributed by atoms with Crippen molar-refractivity contribution in [2.24, 2.45) is 0 Å². The van der Waals surface area contributed by atoms with Crippen LogP contribution in [-0.4, -0.2) is 4.40 Å². The van der Waals surface area contributed by atoms with Gasteiger partial charge in [-0.2, -0.15) is 0 Å². The Balaban J connectivity index is 1.71. The van der Waals surface area contributed by atoms with Gasteiger partial charge in [0.2, 0.25) is 0 Å². The van der Waals surface area contributed by atoms with Crippen LogP contribution >= 0.6 is 0 Å². The molecule has 39 heavy (non-hydrogen) atoms. The smallest absolute Gasteiger partial charge is 0.264 e. The molecule has 0 bridgehead atoms. The van der Waals surface area contributed by atoms with Crippen LogP contribution in [-0.2, 0) is 0 Å². The van der Waals surface area contributed by atoms with Crippen LogP contribution in [0.2, 0.25) is 0 Å². The number of aromatic nitrogens is 1. The minimum atomic E-state index is 0.00254. The predicted molar refractivity (Wildman–Crippen MR) is 167 cm³/mol. The molecule has 0 saturated heterocycles. The summed E-state index contributed by atoms with van der Waals surface area (Å²) in [4.78, 5) is 14.4. The minimum Gasteiger partial charge on any atom is -0.275 e. The van der Waals surface area contributed by atoms with Crippen LogP contribution in [0.3, 0.4) is 0 Å². The number of hydrogen-bond acceptors (Lipinski definition) is 1. The highest BCUT2D eigenvalue weighted by atomic mass is 16.1. The summed E-state index contributed by atoms with van der Waals surface area (Å²) in [6.45, 7) is 7.97. The van der Waals surface area contributed by atoms with Crippen molar-refractivity contribution in [1.29, 1.82) is 0 Å². The highest BCUT2D eigenvalue weighted by Crippen LogP contribution is 2.40. The second kappa shape index (κ2) is 8.97. The van der Waals surface area contributed by atoms with E-state index in [1.165, 1.54) is 0 Å². The van der Waals surface area contributed by atoms with E-state index in [2.05, 4.69) is 86.0 Å². The quantitative estimate of drug-likeness (QED) is 0.171. The Hall–Kier alpha value is -5.21. The molecule has 2 heteroatoms. The van der Waals surface area contributed by atoms with Crippen LogP contribution in [0.15, 0.2) is 145 Å². The lowest BCUT2D eigenvalue weighted by Crippen LogP contribution is -2.14. The molecule has 0 aliphatic heterocycles. The molecule has 0 atom stereocenters. The summed E-state index contributed by atoms with van der Waals surface area (Å²) < 4.78 is 1.91. The zero-order valence-corrected chi connectivity index (χ0v) is 21.4. The Labute approximate surface area is 226 Å². The molecule has 2 aromatic heterocycles. The average Bonchev–Trinajstić information content (AvgIpc) is 3.33. The predicted octanol–water partition coefficient (Wildman–Crippen LogP) is 9.29. The fourth-order valence-corrected chi connectivity index (χ4v) is 5.93. The van der Waals surface area contributed by atoms with E-state index in [1.54, 1.807) is 6.08 Å². The maximum Gasteiger partial charge on any atom is 0.264 e. The van der Waals surface area contributed by atoms with Gasteiger partial charge in [0.1, 0.15) is 0 Å². The molecular formula is C37H25NO. The van der Waals surface area contributed by atoms with Crippen molar-refractivity contribution in [3.8, 4) is 22.3 Å². The minimum absolute atomic E-state index is 0.00254. The highest BCUT2D eigenvalue weighted by molar-refractivity contribution is 6.23. The van der Waals surface area contributed by atoms with E-state index in [4.69, 9.17) is 0 Å². The lowest BCUT2D eigenvalue weighted by molar-refractivity contribution is 1.21. The van der Waals surface area contributed by atoms with Gasteiger partial charge in [0.05, 0.1) is 16.4 Å². The van der Waals surface area contributed by atoms with Crippen molar-refractivity contribution in [2.45, 2.75) is 0 Å². The first kappa shape index (κ1) is 22.9. The van der Waals surface area contributed by atoms with Crippen molar-refractivity contribution in [2.75, 3.05) is 0 Å². The second-order valence-electron chi connectivity index (χ2n) is 9.81. The van der Waals surface area contributed by atoms with Gasteiger partial charge in [0.15, 0.2) is 0 Å². The Bertz CT molecular complexity index is 2150. The van der Waals surface area contributed by atoms with Gasteiger partial charge < -0.3 is 0 Å². The number of fused-ring (bicyclic) bond motifs is 5. The molecule has 0 unspecified atom stereocenters. The number of allylic oxidation sites excluding steroid dienone is 4. The van der Waals surface area contributed by atoms with Crippen molar-refractivity contribution < 1.29 is 0 Å². The molecule has 0 spiro atoms. The summed E-state index contributed by atoms with van der Waals surface area (Å²) in [6, 6.07) is 37.5. The molecule has 184 valence electrons. The second-order valence-corrected chi connectivity index (χ2v) is 9.81. The molecule has 2 heterocycles. The van der Waals surface area contributed by atoms with Gasteiger partial charge in [0, 0.05) is 16.2 Å². The first-order valence-electron chi connectivity index (χ1n) is 13.1. The largest absolute Gasteiger partial charge is 0.275 e. The molecule has 5 aromatic carbocycles. The van der Waals surface area contributed by atoms with E-state index >= 15 is 0 Å². The molecule has 2 nitrogen and oxygen atoms in total. The van der Waals surface area contributed by atoms with Gasteiger partial charge in [0.25, 0.3) is 5.56 Å². The summed E-state index contributed by atoms with van der Waals surface area (Å²) in [6.07, 6.45) is 5.62. The average molecular weight is 500 g/mol. The highest BCUT2D eigenvalue weighted by Gasteiger charge is 2.21. The third-order valence-electron chi connectivity index (χ3n) is 7.68. The molecule has 0 N–H and O–H groups in total. The Kier molecular flexibility index (Phi) is 5.28. The van der Waals surface area contributed by atoms with Gasteiger partial charge in [-0.15, -0.1) is 0 Å². The SMILES string of the molecule is C=C/C=C(\C=C)c1cc2c3cccc(-c4ccccc4)c3c(=O)n3c4ccc(-c5ccccc5)cc4c(c1)c23. The van der Waals surface area contributed by atoms with E-state index in [0.717, 1.165) is 71.4 Å². The normalized spacial score (nSPS) is 12.1. The maximum atomic E-state index is 14.4. The molecule has 0 saturated carbocycles. The Morgan fingerprint density at radius 2 is 1.33 bits per heavy atom. The van der Waals surface area contributed by atoms with Gasteiger partial charge in [-0.05, 0) is 63.0 Å². The summed E-state index contributed by atoms with van der Waals surface area (Å²) in [7, 11) is 0. The molecule has 0 fully saturated rings. The summed E-state index contributed by atoms with van der Waals surface area (Å²) in [5.74, 6) is 0. The van der Waals surface area contributed by atoms with Gasteiger partial charge >= 0.3 is 0 Å². The Morgan fingerprint density at radius 1 is 0.641 bits per heavy atom. The zero-order chi connectivity index (χ0) is 26.5. The van der Waals surface area contributed by atoms with Crippen molar-refractivity contribution in [3.05, 3.63) is 156 Å². The van der Waals surface area contributed by atoms with E-state index in [-0.39, 0.29) is 5.56 Å². The van der Waals surface area contributed by atoms with Crippen molar-refractivity contribution in [1.82, 2.24) is 4.40 Å². The zero-order valence-electron chi connectivity index (χ0n) is 21.4. The summed E-state index contributed by atoms with van der Waals surface area (Å²) >= 11 is 0. The molecule has 0 aliphatic carbocycles. The Morgan fingerprint density at radius 3 is 2.03 bits per heavy atom. The van der Waals surface area contributed by atoms with Crippen LogP contribution in [0.5, 0.6) is 0 Å². The van der Waals surface area contributed by atoms with Gasteiger partial charge in [-0.25, -0.2) is 0 Å². The van der Waals surface area contributed by atoms with Crippen LogP contribution in [0.1, 0.15) is 5.56 Å². The monoisotopic (exact) mass is 499 g/mol. The summed E-state index contributed by atoms with van der Waals surface area (Å²) in [5.41, 5.74) is 8.12.